The molecule has 8 heteroatoms. The zero-order valence-corrected chi connectivity index (χ0v) is 14.3. The number of nitrogens with zero attached hydrogens (tertiary/aromatic N) is 2. The molecule has 0 aliphatic rings. The average molecular weight is 361 g/mol. The van der Waals surface area contributed by atoms with Crippen molar-refractivity contribution < 1.29 is 13.9 Å². The molecular weight excluding hydrogens is 345 g/mol. The first-order valence-electron chi connectivity index (χ1n) is 7.73. The van der Waals surface area contributed by atoms with Crippen molar-refractivity contribution in [1.29, 1.82) is 0 Å². The number of nitrogens with one attached hydrogen (secondary N) is 1. The number of amides is 1. The third-order valence-electron chi connectivity index (χ3n) is 3.55. The maximum Gasteiger partial charge on any atom is 0.262 e. The molecule has 3 aromatic rings. The van der Waals surface area contributed by atoms with Gasteiger partial charge in [-0.15, -0.1) is 11.3 Å². The second-order valence-corrected chi connectivity index (χ2v) is 6.15. The van der Waals surface area contributed by atoms with Crippen LogP contribution in [0.3, 0.4) is 0 Å². The van der Waals surface area contributed by atoms with Crippen molar-refractivity contribution in [1.82, 2.24) is 9.55 Å². The Kier molecular flexibility index (Phi) is 5.08. The van der Waals surface area contributed by atoms with Crippen LogP contribution in [0.4, 0.5) is 10.1 Å². The molecule has 0 saturated heterocycles. The maximum absolute atomic E-state index is 13.3. The Morgan fingerprint density at radius 1 is 1.40 bits per heavy atom. The summed E-state index contributed by atoms with van der Waals surface area (Å²) in [4.78, 5) is 29.3. The number of rotatable bonds is 6. The van der Waals surface area contributed by atoms with Crippen molar-refractivity contribution in [3.05, 3.63) is 52.1 Å². The van der Waals surface area contributed by atoms with E-state index >= 15 is 0 Å². The molecule has 0 saturated carbocycles. The number of thiophene rings is 1. The lowest BCUT2D eigenvalue weighted by Crippen LogP contribution is -2.23. The number of aromatic nitrogens is 2. The number of anilines is 1. The number of carbonyl (C=O) groups excluding carboxylic acids is 1. The molecule has 1 aromatic carbocycles. The molecule has 2 heterocycles. The van der Waals surface area contributed by atoms with Crippen LogP contribution in [0.15, 0.2) is 40.8 Å². The van der Waals surface area contributed by atoms with Gasteiger partial charge < -0.3 is 10.1 Å². The van der Waals surface area contributed by atoms with E-state index in [4.69, 9.17) is 4.74 Å². The average Bonchev–Trinajstić information content (AvgIpc) is 3.06. The van der Waals surface area contributed by atoms with E-state index < -0.39 is 5.82 Å². The van der Waals surface area contributed by atoms with Gasteiger partial charge >= 0.3 is 0 Å². The fourth-order valence-corrected chi connectivity index (χ4v) is 3.08. The van der Waals surface area contributed by atoms with Crippen LogP contribution in [0.5, 0.6) is 5.75 Å². The SMILES string of the molecule is CCOc1cc(F)ccc1NC(=O)CCn1cnc2sccc2c1=O. The summed E-state index contributed by atoms with van der Waals surface area (Å²) in [6.45, 7) is 2.33. The van der Waals surface area contributed by atoms with Gasteiger partial charge in [0.2, 0.25) is 5.91 Å². The summed E-state index contributed by atoms with van der Waals surface area (Å²) in [5.41, 5.74) is 0.225. The highest BCUT2D eigenvalue weighted by atomic mass is 32.1. The third kappa shape index (κ3) is 3.85. The van der Waals surface area contributed by atoms with Gasteiger partial charge in [-0.3, -0.25) is 14.2 Å². The molecule has 0 atom stereocenters. The summed E-state index contributed by atoms with van der Waals surface area (Å²) < 4.78 is 20.0. The fourth-order valence-electron chi connectivity index (χ4n) is 2.36. The monoisotopic (exact) mass is 361 g/mol. The lowest BCUT2D eigenvalue weighted by Gasteiger charge is -2.12. The second-order valence-electron chi connectivity index (χ2n) is 5.25. The first kappa shape index (κ1) is 17.1. The van der Waals surface area contributed by atoms with E-state index in [0.717, 1.165) is 0 Å². The molecule has 2 aromatic heterocycles. The van der Waals surface area contributed by atoms with Crippen LogP contribution in [0.25, 0.3) is 10.2 Å². The lowest BCUT2D eigenvalue weighted by atomic mass is 10.2. The number of fused-ring (bicyclic) bond motifs is 1. The van der Waals surface area contributed by atoms with Gasteiger partial charge in [-0.1, -0.05) is 0 Å². The Balaban J connectivity index is 1.68. The van der Waals surface area contributed by atoms with Crippen molar-refractivity contribution in [3.63, 3.8) is 0 Å². The van der Waals surface area contributed by atoms with E-state index in [1.807, 2.05) is 0 Å². The first-order valence-corrected chi connectivity index (χ1v) is 8.61. The highest BCUT2D eigenvalue weighted by molar-refractivity contribution is 7.16. The molecular formula is C17H16FN3O3S. The Bertz CT molecular complexity index is 967. The van der Waals surface area contributed by atoms with Crippen LogP contribution in [-0.2, 0) is 11.3 Å². The Morgan fingerprint density at radius 2 is 2.24 bits per heavy atom. The minimum Gasteiger partial charge on any atom is -0.492 e. The van der Waals surface area contributed by atoms with Gasteiger partial charge in [-0.25, -0.2) is 9.37 Å². The van der Waals surface area contributed by atoms with Crippen LogP contribution in [-0.4, -0.2) is 22.1 Å². The maximum atomic E-state index is 13.3. The van der Waals surface area contributed by atoms with E-state index in [1.54, 1.807) is 18.4 Å². The standard InChI is InChI=1S/C17H16FN3O3S/c1-2-24-14-9-11(18)3-4-13(14)20-15(22)5-7-21-10-19-16-12(17(21)23)6-8-25-16/h3-4,6,8-10H,2,5,7H2,1H3,(H,20,22). The minimum atomic E-state index is -0.442. The molecule has 130 valence electrons. The summed E-state index contributed by atoms with van der Waals surface area (Å²) in [5.74, 6) is -0.470. The molecule has 0 aliphatic carbocycles. The Labute approximate surface area is 146 Å². The largest absolute Gasteiger partial charge is 0.492 e. The smallest absolute Gasteiger partial charge is 0.262 e. The van der Waals surface area contributed by atoms with Gasteiger partial charge in [0.1, 0.15) is 16.4 Å². The summed E-state index contributed by atoms with van der Waals surface area (Å²) >= 11 is 1.40. The van der Waals surface area contributed by atoms with E-state index in [2.05, 4.69) is 10.3 Å². The number of hydrogen-bond donors (Lipinski definition) is 1. The molecule has 0 spiro atoms. The van der Waals surface area contributed by atoms with Crippen LogP contribution in [0.1, 0.15) is 13.3 Å². The number of aryl methyl sites for hydroxylation is 1. The zero-order valence-electron chi connectivity index (χ0n) is 13.5. The normalized spacial score (nSPS) is 10.8. The van der Waals surface area contributed by atoms with Gasteiger partial charge in [-0.05, 0) is 30.5 Å². The number of ether oxygens (including phenoxy) is 1. The van der Waals surface area contributed by atoms with E-state index in [-0.39, 0.29) is 30.2 Å². The lowest BCUT2D eigenvalue weighted by molar-refractivity contribution is -0.116. The third-order valence-corrected chi connectivity index (χ3v) is 4.37. The van der Waals surface area contributed by atoms with E-state index in [0.29, 0.717) is 22.5 Å². The van der Waals surface area contributed by atoms with Crippen molar-refractivity contribution in [2.24, 2.45) is 0 Å². The number of carbonyl (C=O) groups is 1. The number of hydrogen-bond acceptors (Lipinski definition) is 5. The molecule has 1 amide bonds. The summed E-state index contributed by atoms with van der Waals surface area (Å²) in [7, 11) is 0. The van der Waals surface area contributed by atoms with Crippen LogP contribution < -0.4 is 15.6 Å². The topological polar surface area (TPSA) is 73.2 Å². The highest BCUT2D eigenvalue weighted by Gasteiger charge is 2.11. The molecule has 0 radical (unpaired) electrons. The van der Waals surface area contributed by atoms with Crippen LogP contribution in [0.2, 0.25) is 0 Å². The van der Waals surface area contributed by atoms with Gasteiger partial charge in [-0.2, -0.15) is 0 Å². The van der Waals surface area contributed by atoms with Crippen molar-refractivity contribution in [3.8, 4) is 5.75 Å². The molecule has 0 bridgehead atoms. The van der Waals surface area contributed by atoms with Gasteiger partial charge in [0, 0.05) is 19.0 Å². The van der Waals surface area contributed by atoms with Crippen molar-refractivity contribution in [2.45, 2.75) is 19.9 Å². The predicted octanol–water partition coefficient (Wildman–Crippen LogP) is 3.02. The van der Waals surface area contributed by atoms with Crippen molar-refractivity contribution >= 4 is 33.1 Å². The first-order chi connectivity index (χ1) is 12.1. The van der Waals surface area contributed by atoms with Gasteiger partial charge in [0.25, 0.3) is 5.56 Å². The zero-order chi connectivity index (χ0) is 17.8. The second kappa shape index (κ2) is 7.43. The summed E-state index contributed by atoms with van der Waals surface area (Å²) in [6, 6.07) is 5.64. The molecule has 25 heavy (non-hydrogen) atoms. The molecule has 1 N–H and O–H groups in total. The summed E-state index contributed by atoms with van der Waals surface area (Å²) in [6.07, 6.45) is 1.53. The van der Waals surface area contributed by atoms with Gasteiger partial charge in [0.15, 0.2) is 0 Å². The Morgan fingerprint density at radius 3 is 3.04 bits per heavy atom. The number of benzene rings is 1. The Hall–Kier alpha value is -2.74. The minimum absolute atomic E-state index is 0.0835. The summed E-state index contributed by atoms with van der Waals surface area (Å²) in [5, 5.41) is 5.03. The quantitative estimate of drug-likeness (QED) is 0.732. The highest BCUT2D eigenvalue weighted by Crippen LogP contribution is 2.25. The van der Waals surface area contributed by atoms with Crippen LogP contribution >= 0.6 is 11.3 Å². The molecule has 0 unspecified atom stereocenters. The molecule has 6 nitrogen and oxygen atoms in total. The molecule has 0 fully saturated rings. The predicted molar refractivity (Wildman–Crippen MR) is 94.7 cm³/mol. The van der Waals surface area contributed by atoms with Crippen LogP contribution in [0, 0.1) is 5.82 Å². The van der Waals surface area contributed by atoms with E-state index in [1.165, 1.54) is 40.4 Å². The van der Waals surface area contributed by atoms with Gasteiger partial charge in [0.05, 0.1) is 24.0 Å². The van der Waals surface area contributed by atoms with Crippen molar-refractivity contribution in [2.75, 3.05) is 11.9 Å². The molecule has 0 aliphatic heterocycles. The van der Waals surface area contributed by atoms with E-state index in [9.17, 15) is 14.0 Å². The molecule has 3 rings (SSSR count). The number of halogens is 1. The fraction of sp³-hybridized carbons (Fsp3) is 0.235.